The van der Waals surface area contributed by atoms with Gasteiger partial charge in [-0.3, -0.25) is 25.3 Å². The first-order valence-electron chi connectivity index (χ1n) is 10.6. The van der Waals surface area contributed by atoms with Crippen molar-refractivity contribution in [3.05, 3.63) is 12.3 Å². The number of likely N-dealkylation sites (tertiary alicyclic amines) is 1. The van der Waals surface area contributed by atoms with E-state index in [0.717, 1.165) is 58.6 Å². The first kappa shape index (κ1) is 24.6. The van der Waals surface area contributed by atoms with Crippen LogP contribution in [0, 0.1) is 0 Å². The summed E-state index contributed by atoms with van der Waals surface area (Å²) >= 11 is 0. The fourth-order valence-electron chi connectivity index (χ4n) is 3.26. The number of nitrogens with one attached hydrogen (secondary N) is 1. The monoisotopic (exact) mass is 392 g/mol. The third kappa shape index (κ3) is 11.4. The van der Waals surface area contributed by atoms with E-state index in [0.29, 0.717) is 6.10 Å². The van der Waals surface area contributed by atoms with E-state index in [2.05, 4.69) is 50.7 Å². The third-order valence-corrected chi connectivity index (χ3v) is 5.01. The van der Waals surface area contributed by atoms with E-state index < -0.39 is 0 Å². The van der Waals surface area contributed by atoms with Crippen molar-refractivity contribution in [2.45, 2.75) is 64.1 Å². The van der Waals surface area contributed by atoms with Crippen LogP contribution >= 0.6 is 0 Å². The highest BCUT2D eigenvalue weighted by Gasteiger charge is 2.18. The average molecular weight is 393 g/mol. The van der Waals surface area contributed by atoms with Gasteiger partial charge in [-0.25, -0.2) is 5.01 Å². The molecule has 0 aromatic rings. The van der Waals surface area contributed by atoms with Gasteiger partial charge >= 0.3 is 0 Å². The van der Waals surface area contributed by atoms with E-state index >= 15 is 0 Å². The van der Waals surface area contributed by atoms with Crippen LogP contribution in [0.4, 0.5) is 0 Å². The predicted octanol–water partition coefficient (Wildman–Crippen LogP) is 3.14. The summed E-state index contributed by atoms with van der Waals surface area (Å²) in [5, 5.41) is 2.06. The molecule has 0 radical (unpaired) electrons. The zero-order valence-electron chi connectivity index (χ0n) is 17.9. The number of rotatable bonds is 16. The molecule has 0 spiro atoms. The largest absolute Gasteiger partial charge is 0.378 e. The van der Waals surface area contributed by atoms with Crippen LogP contribution in [0.3, 0.4) is 0 Å². The molecule has 0 aromatic heterocycles. The summed E-state index contributed by atoms with van der Waals surface area (Å²) in [5.74, 6) is 0. The van der Waals surface area contributed by atoms with Crippen LogP contribution < -0.4 is 5.43 Å². The molecule has 0 aromatic carbocycles. The molecule has 1 atom stereocenters. The maximum atomic E-state index is 6.06. The second kappa shape index (κ2) is 16.5. The first-order valence-corrected chi connectivity index (χ1v) is 10.6. The third-order valence-electron chi connectivity index (χ3n) is 5.01. The Balaban J connectivity index is 1.95. The van der Waals surface area contributed by atoms with Crippen molar-refractivity contribution in [1.29, 1.82) is 0 Å². The molecule has 0 aliphatic carbocycles. The molecule has 1 saturated heterocycles. The van der Waals surface area contributed by atoms with E-state index in [-0.39, 0.29) is 6.17 Å². The molecule has 160 valence electrons. The molecule has 1 heterocycles. The minimum absolute atomic E-state index is 0.165. The van der Waals surface area contributed by atoms with E-state index in [1.807, 2.05) is 7.05 Å². The van der Waals surface area contributed by atoms with Crippen LogP contribution in [-0.2, 0) is 4.74 Å². The average Bonchev–Trinajstić information content (AvgIpc) is 2.71. The van der Waals surface area contributed by atoms with Gasteiger partial charge in [-0.1, -0.05) is 19.8 Å². The van der Waals surface area contributed by atoms with E-state index in [9.17, 15) is 0 Å². The zero-order valence-corrected chi connectivity index (χ0v) is 17.9. The van der Waals surface area contributed by atoms with Gasteiger partial charge in [0.15, 0.2) is 0 Å². The van der Waals surface area contributed by atoms with Crippen LogP contribution in [0.15, 0.2) is 27.3 Å². The number of ether oxygens (including phenoxy) is 1. The highest BCUT2D eigenvalue weighted by Crippen LogP contribution is 2.14. The summed E-state index contributed by atoms with van der Waals surface area (Å²) in [6, 6.07) is 0. The molecule has 1 aliphatic heterocycles. The summed E-state index contributed by atoms with van der Waals surface area (Å²) in [6.45, 7) is 13.9. The van der Waals surface area contributed by atoms with Gasteiger partial charge in [-0.2, -0.15) is 0 Å². The number of aliphatic imine (C=N–C) groups is 3. The molecule has 28 heavy (non-hydrogen) atoms. The second-order valence-electron chi connectivity index (χ2n) is 7.19. The standard InChI is InChI=1S/C21H40N6O/c1-5-21(23-3)26(4)25-15-8-6-7-9-18-28-20-11-16-27(17-12-20)19-24-14-10-13-22-2/h10,13-14,20-21,25H,2-3,5-9,11-12,15-19H2,1,4H3/b13-10-,24-14?. The lowest BCUT2D eigenvalue weighted by molar-refractivity contribution is 0.00651. The molecule has 0 bridgehead atoms. The topological polar surface area (TPSA) is 64.8 Å². The maximum Gasteiger partial charge on any atom is 0.113 e. The normalized spacial score (nSPS) is 17.7. The minimum Gasteiger partial charge on any atom is -0.378 e. The van der Waals surface area contributed by atoms with Crippen LogP contribution in [0.2, 0.25) is 0 Å². The summed E-state index contributed by atoms with van der Waals surface area (Å²) in [7, 11) is 2.03. The van der Waals surface area contributed by atoms with Crippen LogP contribution in [-0.4, -0.2) is 81.8 Å². The fraction of sp³-hybridized carbons (Fsp3) is 0.762. The van der Waals surface area contributed by atoms with Crippen molar-refractivity contribution in [3.63, 3.8) is 0 Å². The van der Waals surface area contributed by atoms with Gasteiger partial charge in [-0.15, -0.1) is 0 Å². The molecule has 1 aliphatic rings. The molecule has 1 rings (SSSR count). The zero-order chi connectivity index (χ0) is 20.5. The van der Waals surface area contributed by atoms with Crippen LogP contribution in [0.25, 0.3) is 0 Å². The summed E-state index contributed by atoms with van der Waals surface area (Å²) in [4.78, 5) is 14.5. The number of hydrogen-bond acceptors (Lipinski definition) is 7. The Labute approximate surface area is 171 Å². The van der Waals surface area contributed by atoms with Crippen molar-refractivity contribution in [2.75, 3.05) is 40.0 Å². The van der Waals surface area contributed by atoms with Gasteiger partial charge in [0.05, 0.1) is 12.8 Å². The van der Waals surface area contributed by atoms with Gasteiger partial charge in [0.1, 0.15) is 6.17 Å². The van der Waals surface area contributed by atoms with Crippen molar-refractivity contribution < 1.29 is 4.74 Å². The molecule has 0 saturated carbocycles. The molecule has 7 heteroatoms. The van der Waals surface area contributed by atoms with E-state index in [1.54, 1.807) is 18.5 Å². The van der Waals surface area contributed by atoms with Crippen molar-refractivity contribution in [3.8, 4) is 0 Å². The molecule has 1 fully saturated rings. The van der Waals surface area contributed by atoms with Gasteiger partial charge in [0.25, 0.3) is 0 Å². The van der Waals surface area contributed by atoms with Crippen molar-refractivity contribution >= 4 is 19.6 Å². The molecule has 7 nitrogen and oxygen atoms in total. The Bertz CT molecular complexity index is 460. The molecule has 1 N–H and O–H groups in total. The minimum atomic E-state index is 0.165. The van der Waals surface area contributed by atoms with Crippen LogP contribution in [0.1, 0.15) is 51.9 Å². The lowest BCUT2D eigenvalue weighted by atomic mass is 10.1. The Morgan fingerprint density at radius 2 is 1.96 bits per heavy atom. The number of hydrogen-bond donors (Lipinski definition) is 1. The molecular weight excluding hydrogens is 352 g/mol. The number of hydrazine groups is 1. The highest BCUT2D eigenvalue weighted by molar-refractivity contribution is 5.70. The Morgan fingerprint density at radius 1 is 1.21 bits per heavy atom. The van der Waals surface area contributed by atoms with E-state index in [4.69, 9.17) is 4.74 Å². The van der Waals surface area contributed by atoms with Crippen molar-refractivity contribution in [1.82, 2.24) is 15.3 Å². The summed E-state index contributed by atoms with van der Waals surface area (Å²) in [5.41, 5.74) is 3.40. The number of nitrogens with zero attached hydrogens (tertiary/aromatic N) is 5. The Hall–Kier alpha value is -1.41. The lowest BCUT2D eigenvalue weighted by Gasteiger charge is -2.30. The van der Waals surface area contributed by atoms with Crippen molar-refractivity contribution in [2.24, 2.45) is 15.0 Å². The van der Waals surface area contributed by atoms with Gasteiger partial charge < -0.3 is 4.74 Å². The van der Waals surface area contributed by atoms with Gasteiger partial charge in [-0.05, 0) is 51.6 Å². The predicted molar refractivity (Wildman–Crippen MR) is 120 cm³/mol. The molecule has 0 amide bonds. The van der Waals surface area contributed by atoms with Gasteiger partial charge in [0.2, 0.25) is 0 Å². The van der Waals surface area contributed by atoms with Gasteiger partial charge in [0, 0.05) is 45.7 Å². The molecular formula is C21H40N6O. The quantitative estimate of drug-likeness (QED) is 0.249. The summed E-state index contributed by atoms with van der Waals surface area (Å²) in [6.07, 6.45) is 13.8. The number of unbranched alkanes of at least 4 members (excludes halogenated alkanes) is 3. The SMILES string of the molecule is C=N/C=C\C=NCN1CCC(OCCCCCCNN(C)C(CC)N=C)CC1. The fourth-order valence-corrected chi connectivity index (χ4v) is 3.26. The maximum absolute atomic E-state index is 6.06. The van der Waals surface area contributed by atoms with E-state index in [1.165, 1.54) is 19.3 Å². The molecule has 1 unspecified atom stereocenters. The second-order valence-corrected chi connectivity index (χ2v) is 7.19. The number of piperidine rings is 1. The lowest BCUT2D eigenvalue weighted by Crippen LogP contribution is -2.41. The summed E-state index contributed by atoms with van der Waals surface area (Å²) < 4.78 is 6.06. The first-order chi connectivity index (χ1) is 13.7. The Kier molecular flexibility index (Phi) is 14.5. The van der Waals surface area contributed by atoms with Crippen LogP contribution in [0.5, 0.6) is 0 Å². The highest BCUT2D eigenvalue weighted by atomic mass is 16.5. The smallest absolute Gasteiger partial charge is 0.113 e. The Morgan fingerprint density at radius 3 is 2.64 bits per heavy atom. The number of allylic oxidation sites excluding steroid dienone is 1.